The Bertz CT molecular complexity index is 734. The average Bonchev–Trinajstić information content (AvgIpc) is 2.95. The Morgan fingerprint density at radius 2 is 2.08 bits per heavy atom. The van der Waals surface area contributed by atoms with Crippen molar-refractivity contribution in [1.82, 2.24) is 4.31 Å². The number of hydrogen-bond acceptors (Lipinski definition) is 4. The number of hydrogen-bond donors (Lipinski definition) is 0. The molecule has 1 saturated heterocycles. The summed E-state index contributed by atoms with van der Waals surface area (Å²) in [6.45, 7) is 2.99. The first-order valence-electron chi connectivity index (χ1n) is 8.82. The molecule has 0 aromatic heterocycles. The van der Waals surface area contributed by atoms with Crippen LogP contribution in [0, 0.1) is 5.92 Å². The molecule has 6 nitrogen and oxygen atoms in total. The van der Waals surface area contributed by atoms with Crippen LogP contribution in [0.15, 0.2) is 24.3 Å². The van der Waals surface area contributed by atoms with Crippen LogP contribution in [0.4, 0.5) is 5.69 Å². The molecule has 2 unspecified atom stereocenters. The number of piperidine rings is 1. The predicted molar refractivity (Wildman–Crippen MR) is 97.1 cm³/mol. The first-order chi connectivity index (χ1) is 11.9. The molecule has 7 heteroatoms. The van der Waals surface area contributed by atoms with Crippen LogP contribution in [0.5, 0.6) is 0 Å². The third-order valence-corrected chi connectivity index (χ3v) is 6.92. The summed E-state index contributed by atoms with van der Waals surface area (Å²) in [6.07, 6.45) is 2.30. The van der Waals surface area contributed by atoms with E-state index in [1.165, 1.54) is 17.0 Å². The van der Waals surface area contributed by atoms with Gasteiger partial charge in [0.1, 0.15) is 0 Å². The number of rotatable bonds is 5. The number of nitrogens with zero attached hydrogens (tertiary/aromatic N) is 2. The number of para-hydroxylation sites is 1. The largest absolute Gasteiger partial charge is 0.384 e. The molecule has 2 aliphatic heterocycles. The molecule has 1 aromatic rings. The van der Waals surface area contributed by atoms with Gasteiger partial charge in [0.2, 0.25) is 15.9 Å². The van der Waals surface area contributed by atoms with E-state index in [1.807, 2.05) is 30.0 Å². The minimum Gasteiger partial charge on any atom is -0.384 e. The van der Waals surface area contributed by atoms with Crippen molar-refractivity contribution in [2.75, 3.05) is 37.5 Å². The van der Waals surface area contributed by atoms with Gasteiger partial charge in [0, 0.05) is 31.9 Å². The van der Waals surface area contributed by atoms with E-state index in [0.29, 0.717) is 13.0 Å². The lowest BCUT2D eigenvalue weighted by molar-refractivity contribution is -0.123. The van der Waals surface area contributed by atoms with Gasteiger partial charge in [-0.25, -0.2) is 12.7 Å². The van der Waals surface area contributed by atoms with Crippen LogP contribution < -0.4 is 4.90 Å². The zero-order valence-electron chi connectivity index (χ0n) is 14.8. The maximum absolute atomic E-state index is 13.1. The van der Waals surface area contributed by atoms with Crippen LogP contribution >= 0.6 is 0 Å². The molecule has 25 heavy (non-hydrogen) atoms. The van der Waals surface area contributed by atoms with Crippen molar-refractivity contribution in [2.24, 2.45) is 5.92 Å². The SMILES string of the molecule is COCCS(=O)(=O)N1CCCC(C(=O)N2c3ccccc3CC2C)C1. The molecule has 1 fully saturated rings. The second-order valence-corrected chi connectivity index (χ2v) is 8.98. The van der Waals surface area contributed by atoms with Gasteiger partial charge >= 0.3 is 0 Å². The molecule has 138 valence electrons. The second kappa shape index (κ2) is 7.43. The molecule has 2 atom stereocenters. The van der Waals surface area contributed by atoms with Gasteiger partial charge in [-0.05, 0) is 37.8 Å². The minimum atomic E-state index is -3.37. The van der Waals surface area contributed by atoms with Crippen molar-refractivity contribution in [2.45, 2.75) is 32.2 Å². The molecule has 3 rings (SSSR count). The molecular formula is C18H26N2O4S. The summed E-state index contributed by atoms with van der Waals surface area (Å²) in [5, 5.41) is 0. The molecule has 1 amide bonds. The predicted octanol–water partition coefficient (Wildman–Crippen LogP) is 1.65. The molecule has 1 aromatic carbocycles. The number of amides is 1. The number of ether oxygens (including phenoxy) is 1. The van der Waals surface area contributed by atoms with Gasteiger partial charge in [-0.15, -0.1) is 0 Å². The fourth-order valence-corrected chi connectivity index (χ4v) is 5.26. The summed E-state index contributed by atoms with van der Waals surface area (Å²) in [7, 11) is -1.88. The first-order valence-corrected chi connectivity index (χ1v) is 10.4. The van der Waals surface area contributed by atoms with E-state index in [1.54, 1.807) is 0 Å². The summed E-state index contributed by atoms with van der Waals surface area (Å²) in [5.74, 6) is -0.267. The lowest BCUT2D eigenvalue weighted by Gasteiger charge is -2.34. The fraction of sp³-hybridized carbons (Fsp3) is 0.611. The maximum Gasteiger partial charge on any atom is 0.231 e. The smallest absolute Gasteiger partial charge is 0.231 e. The minimum absolute atomic E-state index is 0.0344. The Hall–Kier alpha value is -1.44. The van der Waals surface area contributed by atoms with Crippen LogP contribution in [0.1, 0.15) is 25.3 Å². The highest BCUT2D eigenvalue weighted by atomic mass is 32.2. The van der Waals surface area contributed by atoms with Crippen LogP contribution in [0.25, 0.3) is 0 Å². The molecule has 2 heterocycles. The van der Waals surface area contributed by atoms with E-state index in [-0.39, 0.29) is 36.8 Å². The number of methoxy groups -OCH3 is 1. The van der Waals surface area contributed by atoms with E-state index >= 15 is 0 Å². The number of carbonyl (C=O) groups is 1. The van der Waals surface area contributed by atoms with Gasteiger partial charge in [0.15, 0.2) is 0 Å². The van der Waals surface area contributed by atoms with Gasteiger partial charge < -0.3 is 9.64 Å². The van der Waals surface area contributed by atoms with Gasteiger partial charge in [0.05, 0.1) is 18.3 Å². The third kappa shape index (κ3) is 3.73. The van der Waals surface area contributed by atoms with Crippen LogP contribution in [0.3, 0.4) is 0 Å². The van der Waals surface area contributed by atoms with Gasteiger partial charge in [-0.1, -0.05) is 18.2 Å². The number of carbonyl (C=O) groups excluding carboxylic acids is 1. The maximum atomic E-state index is 13.1. The Kier molecular flexibility index (Phi) is 5.46. The van der Waals surface area contributed by atoms with Crippen molar-refractivity contribution < 1.29 is 17.9 Å². The van der Waals surface area contributed by atoms with E-state index in [0.717, 1.165) is 18.5 Å². The number of fused-ring (bicyclic) bond motifs is 1. The Morgan fingerprint density at radius 1 is 1.32 bits per heavy atom. The summed E-state index contributed by atoms with van der Waals surface area (Å²) < 4.78 is 31.2. The summed E-state index contributed by atoms with van der Waals surface area (Å²) in [5.41, 5.74) is 2.16. The van der Waals surface area contributed by atoms with Gasteiger partial charge in [0.25, 0.3) is 0 Å². The summed E-state index contributed by atoms with van der Waals surface area (Å²) >= 11 is 0. The highest BCUT2D eigenvalue weighted by molar-refractivity contribution is 7.89. The van der Waals surface area contributed by atoms with E-state index < -0.39 is 10.0 Å². The Labute approximate surface area is 149 Å². The van der Waals surface area contributed by atoms with E-state index in [9.17, 15) is 13.2 Å². The lowest BCUT2D eigenvalue weighted by Crippen LogP contribution is -2.48. The normalized spacial score (nSPS) is 24.3. The number of anilines is 1. The van der Waals surface area contributed by atoms with Crippen molar-refractivity contribution in [3.63, 3.8) is 0 Å². The van der Waals surface area contributed by atoms with Crippen LogP contribution in [0.2, 0.25) is 0 Å². The highest BCUT2D eigenvalue weighted by Crippen LogP contribution is 2.34. The molecule has 0 N–H and O–H groups in total. The molecule has 2 aliphatic rings. The zero-order valence-corrected chi connectivity index (χ0v) is 15.7. The average molecular weight is 366 g/mol. The van der Waals surface area contributed by atoms with E-state index in [4.69, 9.17) is 4.74 Å². The summed E-state index contributed by atoms with van der Waals surface area (Å²) in [6, 6.07) is 8.09. The van der Waals surface area contributed by atoms with Crippen molar-refractivity contribution in [3.8, 4) is 0 Å². The molecule has 0 aliphatic carbocycles. The standard InChI is InChI=1S/C18H26N2O4S/c1-14-12-15-6-3-4-8-17(15)20(14)18(21)16-7-5-9-19(13-16)25(22,23)11-10-24-2/h3-4,6,8,14,16H,5,7,9-13H2,1-2H3. The van der Waals surface area contributed by atoms with Gasteiger partial charge in [-0.3, -0.25) is 4.79 Å². The van der Waals surface area contributed by atoms with Crippen molar-refractivity contribution in [3.05, 3.63) is 29.8 Å². The molecule has 0 saturated carbocycles. The lowest BCUT2D eigenvalue weighted by atomic mass is 9.97. The Morgan fingerprint density at radius 3 is 2.84 bits per heavy atom. The highest BCUT2D eigenvalue weighted by Gasteiger charge is 2.38. The monoisotopic (exact) mass is 366 g/mol. The zero-order chi connectivity index (χ0) is 18.0. The van der Waals surface area contributed by atoms with Crippen LogP contribution in [-0.4, -0.2) is 57.2 Å². The number of benzene rings is 1. The molecule has 0 radical (unpaired) electrons. The third-order valence-electron chi connectivity index (χ3n) is 5.12. The molecule has 0 spiro atoms. The van der Waals surface area contributed by atoms with E-state index in [2.05, 4.69) is 6.07 Å². The second-order valence-electron chi connectivity index (χ2n) is 6.90. The molecular weight excluding hydrogens is 340 g/mol. The first kappa shape index (κ1) is 18.4. The number of sulfonamides is 1. The fourth-order valence-electron chi connectivity index (χ4n) is 3.81. The topological polar surface area (TPSA) is 66.9 Å². The Balaban J connectivity index is 1.75. The summed E-state index contributed by atoms with van der Waals surface area (Å²) in [4.78, 5) is 15.0. The van der Waals surface area contributed by atoms with Gasteiger partial charge in [-0.2, -0.15) is 0 Å². The quantitative estimate of drug-likeness (QED) is 0.795. The van der Waals surface area contributed by atoms with Crippen molar-refractivity contribution in [1.29, 1.82) is 0 Å². The molecule has 0 bridgehead atoms. The van der Waals surface area contributed by atoms with Crippen LogP contribution in [-0.2, 0) is 26.0 Å². The van der Waals surface area contributed by atoms with Crippen molar-refractivity contribution >= 4 is 21.6 Å².